The Bertz CT molecular complexity index is 644. The Kier molecular flexibility index (Phi) is 10.9. The molecule has 1 aromatic carbocycles. The first-order valence-electron chi connectivity index (χ1n) is 9.85. The number of hydrogen-bond acceptors (Lipinski definition) is 5. The van der Waals surface area contributed by atoms with Crippen molar-refractivity contribution < 1.29 is 14.3 Å². The zero-order valence-electron chi connectivity index (χ0n) is 16.7. The summed E-state index contributed by atoms with van der Waals surface area (Å²) in [6, 6.07) is 7.15. The number of benzene rings is 1. The van der Waals surface area contributed by atoms with Gasteiger partial charge in [0.1, 0.15) is 5.54 Å². The maximum absolute atomic E-state index is 12.4. The van der Waals surface area contributed by atoms with Crippen molar-refractivity contribution in [2.45, 2.75) is 44.1 Å². The van der Waals surface area contributed by atoms with Gasteiger partial charge in [-0.3, -0.25) is 14.5 Å². The van der Waals surface area contributed by atoms with E-state index in [-0.39, 0.29) is 36.6 Å². The molecule has 3 rings (SSSR count). The fourth-order valence-corrected chi connectivity index (χ4v) is 3.55. The minimum Gasteiger partial charge on any atom is -0.381 e. The summed E-state index contributed by atoms with van der Waals surface area (Å²) < 4.78 is 5.28. The first-order chi connectivity index (χ1) is 13.0. The summed E-state index contributed by atoms with van der Waals surface area (Å²) in [5.74, 6) is -0.194. The predicted molar refractivity (Wildman–Crippen MR) is 120 cm³/mol. The lowest BCUT2D eigenvalue weighted by molar-refractivity contribution is -0.124. The molecule has 2 amide bonds. The Labute approximate surface area is 184 Å². The number of rotatable bonds is 5. The number of carbonyl (C=O) groups excluding carboxylic acids is 2. The number of amides is 2. The van der Waals surface area contributed by atoms with E-state index in [1.54, 1.807) is 24.3 Å². The molecule has 2 fully saturated rings. The molecule has 0 radical (unpaired) electrons. The third-order valence-electron chi connectivity index (χ3n) is 5.33. The summed E-state index contributed by atoms with van der Waals surface area (Å²) in [7, 11) is 0. The second-order valence-corrected chi connectivity index (χ2v) is 7.54. The van der Waals surface area contributed by atoms with Gasteiger partial charge in [-0.1, -0.05) is 12.8 Å². The number of nitrogens with zero attached hydrogens (tertiary/aromatic N) is 1. The van der Waals surface area contributed by atoms with Crippen LogP contribution in [-0.4, -0.2) is 55.1 Å². The van der Waals surface area contributed by atoms with Crippen LogP contribution in [0.3, 0.4) is 0 Å². The molecule has 0 atom stereocenters. The Balaban J connectivity index is 0.00000210. The van der Waals surface area contributed by atoms with Gasteiger partial charge < -0.3 is 21.1 Å². The average Bonchev–Trinajstić information content (AvgIpc) is 2.92. The summed E-state index contributed by atoms with van der Waals surface area (Å²) >= 11 is 0. The van der Waals surface area contributed by atoms with Crippen molar-refractivity contribution in [3.05, 3.63) is 24.3 Å². The molecule has 2 aliphatic heterocycles. The standard InChI is InChI=1S/C20H30N4O3.2ClH/c21-20(9-13-27-14-10-20)19(26)23-17-7-5-16(6-8-17)22-18(25)15-24-11-3-1-2-4-12-24;;/h5-8H,1-4,9-15,21H2,(H,22,25)(H,23,26);2*1H. The molecule has 4 N–H and O–H groups in total. The Morgan fingerprint density at radius 2 is 1.45 bits per heavy atom. The van der Waals surface area contributed by atoms with Crippen molar-refractivity contribution >= 4 is 48.0 Å². The van der Waals surface area contributed by atoms with E-state index in [4.69, 9.17) is 10.5 Å². The van der Waals surface area contributed by atoms with Gasteiger partial charge in [-0.15, -0.1) is 24.8 Å². The number of halogens is 2. The Morgan fingerprint density at radius 3 is 2.00 bits per heavy atom. The van der Waals surface area contributed by atoms with E-state index in [0.717, 1.165) is 31.6 Å². The van der Waals surface area contributed by atoms with Crippen molar-refractivity contribution in [1.82, 2.24) is 4.90 Å². The van der Waals surface area contributed by atoms with E-state index in [1.807, 2.05) is 0 Å². The molecule has 0 bridgehead atoms. The van der Waals surface area contributed by atoms with Gasteiger partial charge in [-0.25, -0.2) is 0 Å². The minimum atomic E-state index is -0.877. The van der Waals surface area contributed by atoms with Crippen LogP contribution in [0.1, 0.15) is 38.5 Å². The molecular weight excluding hydrogens is 415 g/mol. The van der Waals surface area contributed by atoms with Crippen LogP contribution in [0.25, 0.3) is 0 Å². The molecule has 0 unspecified atom stereocenters. The lowest BCUT2D eigenvalue weighted by Crippen LogP contribution is -2.54. The van der Waals surface area contributed by atoms with Crippen LogP contribution in [0.2, 0.25) is 0 Å². The highest BCUT2D eigenvalue weighted by atomic mass is 35.5. The quantitative estimate of drug-likeness (QED) is 0.645. The van der Waals surface area contributed by atoms with Gasteiger partial charge in [0.15, 0.2) is 0 Å². The second kappa shape index (κ2) is 12.3. The second-order valence-electron chi connectivity index (χ2n) is 7.54. The third kappa shape index (κ3) is 7.75. The summed E-state index contributed by atoms with van der Waals surface area (Å²) in [6.45, 7) is 3.42. The maximum atomic E-state index is 12.4. The first-order valence-corrected chi connectivity index (χ1v) is 9.85. The molecule has 0 aromatic heterocycles. The highest BCUT2D eigenvalue weighted by Crippen LogP contribution is 2.21. The molecule has 2 aliphatic rings. The molecule has 0 aliphatic carbocycles. The van der Waals surface area contributed by atoms with E-state index in [1.165, 1.54) is 12.8 Å². The summed E-state index contributed by atoms with van der Waals surface area (Å²) in [4.78, 5) is 26.9. The van der Waals surface area contributed by atoms with Crippen LogP contribution < -0.4 is 16.4 Å². The molecule has 7 nitrogen and oxygen atoms in total. The van der Waals surface area contributed by atoms with Crippen LogP contribution >= 0.6 is 24.8 Å². The molecular formula is C20H32Cl2N4O3. The average molecular weight is 447 g/mol. The van der Waals surface area contributed by atoms with Crippen molar-refractivity contribution in [2.75, 3.05) is 43.5 Å². The van der Waals surface area contributed by atoms with Gasteiger partial charge in [-0.05, 0) is 63.0 Å². The zero-order valence-corrected chi connectivity index (χ0v) is 18.3. The molecule has 164 valence electrons. The van der Waals surface area contributed by atoms with Crippen molar-refractivity contribution in [2.24, 2.45) is 5.73 Å². The number of likely N-dealkylation sites (tertiary alicyclic amines) is 1. The van der Waals surface area contributed by atoms with Crippen molar-refractivity contribution in [3.63, 3.8) is 0 Å². The van der Waals surface area contributed by atoms with Gasteiger partial charge in [0.05, 0.1) is 6.54 Å². The summed E-state index contributed by atoms with van der Waals surface area (Å²) in [5.41, 5.74) is 6.71. The van der Waals surface area contributed by atoms with Crippen LogP contribution in [0.4, 0.5) is 11.4 Å². The van der Waals surface area contributed by atoms with Gasteiger partial charge >= 0.3 is 0 Å². The van der Waals surface area contributed by atoms with Gasteiger partial charge in [0.2, 0.25) is 11.8 Å². The van der Waals surface area contributed by atoms with Crippen molar-refractivity contribution in [3.8, 4) is 0 Å². The van der Waals surface area contributed by atoms with Crippen LogP contribution in [0.15, 0.2) is 24.3 Å². The monoisotopic (exact) mass is 446 g/mol. The topological polar surface area (TPSA) is 96.7 Å². The number of hydrogen-bond donors (Lipinski definition) is 3. The van der Waals surface area contributed by atoms with E-state index in [9.17, 15) is 9.59 Å². The normalized spacial score (nSPS) is 19.1. The molecule has 9 heteroatoms. The van der Waals surface area contributed by atoms with E-state index >= 15 is 0 Å². The van der Waals surface area contributed by atoms with Crippen LogP contribution in [-0.2, 0) is 14.3 Å². The first kappa shape index (κ1) is 25.7. The number of anilines is 2. The minimum absolute atomic E-state index is 0. The lowest BCUT2D eigenvalue weighted by atomic mass is 9.90. The number of carbonyl (C=O) groups is 2. The third-order valence-corrected chi connectivity index (χ3v) is 5.33. The van der Waals surface area contributed by atoms with Crippen LogP contribution in [0, 0.1) is 0 Å². The van der Waals surface area contributed by atoms with E-state index in [2.05, 4.69) is 15.5 Å². The highest BCUT2D eigenvalue weighted by molar-refractivity contribution is 5.98. The number of ether oxygens (including phenoxy) is 1. The molecule has 29 heavy (non-hydrogen) atoms. The maximum Gasteiger partial charge on any atom is 0.244 e. The van der Waals surface area contributed by atoms with Crippen molar-refractivity contribution in [1.29, 1.82) is 0 Å². The fourth-order valence-electron chi connectivity index (χ4n) is 3.55. The van der Waals surface area contributed by atoms with Crippen LogP contribution in [0.5, 0.6) is 0 Å². The Morgan fingerprint density at radius 1 is 0.931 bits per heavy atom. The largest absolute Gasteiger partial charge is 0.381 e. The number of nitrogens with two attached hydrogens (primary N) is 1. The molecule has 1 aromatic rings. The van der Waals surface area contributed by atoms with Gasteiger partial charge in [0, 0.05) is 24.6 Å². The van der Waals surface area contributed by atoms with E-state index < -0.39 is 5.54 Å². The number of nitrogens with one attached hydrogen (secondary N) is 2. The summed E-state index contributed by atoms with van der Waals surface area (Å²) in [6.07, 6.45) is 5.87. The van der Waals surface area contributed by atoms with Gasteiger partial charge in [-0.2, -0.15) is 0 Å². The molecule has 0 saturated carbocycles. The predicted octanol–water partition coefficient (Wildman–Crippen LogP) is 2.79. The van der Waals surface area contributed by atoms with Gasteiger partial charge in [0.25, 0.3) is 0 Å². The van der Waals surface area contributed by atoms with E-state index in [0.29, 0.717) is 38.3 Å². The smallest absolute Gasteiger partial charge is 0.244 e. The lowest BCUT2D eigenvalue weighted by Gasteiger charge is -2.31. The molecule has 0 spiro atoms. The molecule has 2 heterocycles. The SMILES string of the molecule is Cl.Cl.NC1(C(=O)Nc2ccc(NC(=O)CN3CCCCCC3)cc2)CCOCC1. The highest BCUT2D eigenvalue weighted by Gasteiger charge is 2.35. The zero-order chi connectivity index (χ0) is 19.1. The summed E-state index contributed by atoms with van der Waals surface area (Å²) in [5, 5.41) is 5.79. The molecule has 2 saturated heterocycles. The fraction of sp³-hybridized carbons (Fsp3) is 0.600. The Hall–Kier alpha value is -1.38.